The van der Waals surface area contributed by atoms with Crippen LogP contribution in [0.15, 0.2) is 30.8 Å². The van der Waals surface area contributed by atoms with Gasteiger partial charge in [0.1, 0.15) is 0 Å². The van der Waals surface area contributed by atoms with Gasteiger partial charge < -0.3 is 0 Å². The van der Waals surface area contributed by atoms with Crippen LogP contribution >= 0.6 is 28.3 Å². The Morgan fingerprint density at radius 1 is 1.25 bits per heavy atom. The molecule has 0 aliphatic rings. The predicted molar refractivity (Wildman–Crippen MR) is 55.5 cm³/mol. The SMILES string of the molecule is C=Cc1ccc(P(=O)(Cl)Cl)cc1. The Kier molecular flexibility index (Phi) is 3.00. The van der Waals surface area contributed by atoms with Gasteiger partial charge in [-0.25, -0.2) is 0 Å². The van der Waals surface area contributed by atoms with E-state index >= 15 is 0 Å². The molecule has 0 saturated carbocycles. The molecule has 4 heteroatoms. The van der Waals surface area contributed by atoms with E-state index in [1.54, 1.807) is 30.3 Å². The van der Waals surface area contributed by atoms with Crippen LogP contribution in [-0.4, -0.2) is 0 Å². The molecule has 1 aromatic rings. The molecule has 0 saturated heterocycles. The molecule has 0 heterocycles. The van der Waals surface area contributed by atoms with Crippen LogP contribution < -0.4 is 5.30 Å². The molecule has 1 nitrogen and oxygen atoms in total. The lowest BCUT2D eigenvalue weighted by Crippen LogP contribution is -1.95. The van der Waals surface area contributed by atoms with Gasteiger partial charge >= 0.3 is 0 Å². The van der Waals surface area contributed by atoms with Crippen LogP contribution in [-0.2, 0) is 4.57 Å². The van der Waals surface area contributed by atoms with E-state index in [2.05, 4.69) is 6.58 Å². The quantitative estimate of drug-likeness (QED) is 0.697. The first-order valence-corrected chi connectivity index (χ1v) is 6.78. The lowest BCUT2D eigenvalue weighted by molar-refractivity contribution is 0.597. The smallest absolute Gasteiger partial charge is 0.281 e. The molecular weight excluding hydrogens is 214 g/mol. The highest BCUT2D eigenvalue weighted by molar-refractivity contribution is 8.13. The Bertz CT molecular complexity index is 325. The van der Waals surface area contributed by atoms with Crippen molar-refractivity contribution in [3.05, 3.63) is 36.4 Å². The van der Waals surface area contributed by atoms with Crippen molar-refractivity contribution in [2.45, 2.75) is 0 Å². The van der Waals surface area contributed by atoms with Crippen LogP contribution in [0.2, 0.25) is 0 Å². The number of hydrogen-bond acceptors (Lipinski definition) is 1. The highest BCUT2D eigenvalue weighted by Gasteiger charge is 2.16. The van der Waals surface area contributed by atoms with Crippen LogP contribution in [0.5, 0.6) is 0 Å². The summed E-state index contributed by atoms with van der Waals surface area (Å²) >= 11 is 10.9. The van der Waals surface area contributed by atoms with Crippen molar-refractivity contribution in [1.82, 2.24) is 0 Å². The number of hydrogen-bond donors (Lipinski definition) is 0. The first-order chi connectivity index (χ1) is 5.54. The minimum atomic E-state index is -3.14. The average Bonchev–Trinajstić information content (AvgIpc) is 2.03. The van der Waals surface area contributed by atoms with E-state index in [0.717, 1.165) is 5.56 Å². The molecule has 0 N–H and O–H groups in total. The third-order valence-corrected chi connectivity index (χ3v) is 3.50. The van der Waals surface area contributed by atoms with Crippen molar-refractivity contribution in [3.63, 3.8) is 0 Å². The van der Waals surface area contributed by atoms with Gasteiger partial charge in [0.2, 0.25) is 0 Å². The molecule has 0 unspecified atom stereocenters. The zero-order valence-corrected chi connectivity index (χ0v) is 8.61. The van der Waals surface area contributed by atoms with Crippen LogP contribution in [0, 0.1) is 0 Å². The van der Waals surface area contributed by atoms with Gasteiger partial charge in [0, 0.05) is 5.30 Å². The molecule has 0 aliphatic carbocycles. The normalized spacial score (nSPS) is 11.2. The summed E-state index contributed by atoms with van der Waals surface area (Å²) in [6.07, 6.45) is 1.69. The summed E-state index contributed by atoms with van der Waals surface area (Å²) < 4.78 is 11.1. The highest BCUT2D eigenvalue weighted by atomic mass is 35.9. The van der Waals surface area contributed by atoms with Crippen molar-refractivity contribution >= 4 is 39.7 Å². The lowest BCUT2D eigenvalue weighted by Gasteiger charge is -2.01. The largest absolute Gasteiger partial charge is 0.284 e. The molecule has 0 aromatic heterocycles. The van der Waals surface area contributed by atoms with Crippen LogP contribution in [0.25, 0.3) is 6.08 Å². The monoisotopic (exact) mass is 220 g/mol. The van der Waals surface area contributed by atoms with Gasteiger partial charge in [-0.2, -0.15) is 0 Å². The van der Waals surface area contributed by atoms with E-state index in [1.165, 1.54) is 0 Å². The van der Waals surface area contributed by atoms with Gasteiger partial charge in [0.25, 0.3) is 5.85 Å². The van der Waals surface area contributed by atoms with Gasteiger partial charge in [-0.05, 0) is 40.2 Å². The Morgan fingerprint density at radius 2 is 1.75 bits per heavy atom. The Balaban J connectivity index is 3.08. The maximum absolute atomic E-state index is 11.1. The Morgan fingerprint density at radius 3 is 2.08 bits per heavy atom. The van der Waals surface area contributed by atoms with E-state index < -0.39 is 5.85 Å². The molecule has 0 fully saturated rings. The molecule has 0 aliphatic heterocycles. The third kappa shape index (κ3) is 2.38. The molecule has 1 rings (SSSR count). The Hall–Kier alpha value is -0.230. The van der Waals surface area contributed by atoms with E-state index in [4.69, 9.17) is 22.5 Å². The second-order valence-electron chi connectivity index (χ2n) is 2.26. The summed E-state index contributed by atoms with van der Waals surface area (Å²) in [6.45, 7) is 3.59. The van der Waals surface area contributed by atoms with Crippen molar-refractivity contribution in [2.24, 2.45) is 0 Å². The molecular formula is C8H7Cl2OP. The Labute approximate surface area is 81.0 Å². The summed E-state index contributed by atoms with van der Waals surface area (Å²) in [5.74, 6) is -3.14. The van der Waals surface area contributed by atoms with Gasteiger partial charge in [0.15, 0.2) is 0 Å². The van der Waals surface area contributed by atoms with Crippen LogP contribution in [0.4, 0.5) is 0 Å². The van der Waals surface area contributed by atoms with Gasteiger partial charge in [0.05, 0.1) is 0 Å². The highest BCUT2D eigenvalue weighted by Crippen LogP contribution is 2.55. The third-order valence-electron chi connectivity index (χ3n) is 1.43. The zero-order chi connectivity index (χ0) is 9.19. The summed E-state index contributed by atoms with van der Waals surface area (Å²) in [4.78, 5) is 0. The van der Waals surface area contributed by atoms with Gasteiger partial charge in [-0.15, -0.1) is 0 Å². The number of benzene rings is 1. The fraction of sp³-hybridized carbons (Fsp3) is 0. The lowest BCUT2D eigenvalue weighted by atomic mass is 10.2. The molecule has 12 heavy (non-hydrogen) atoms. The van der Waals surface area contributed by atoms with Gasteiger partial charge in [-0.1, -0.05) is 24.8 Å². The molecule has 64 valence electrons. The van der Waals surface area contributed by atoms with Crippen molar-refractivity contribution < 1.29 is 4.57 Å². The standard InChI is InChI=1S/C8H7Cl2OP/c1-2-7-3-5-8(6-4-7)12(9,10)11/h2-6H,1H2. The first kappa shape index (κ1) is 9.85. The fourth-order valence-electron chi connectivity index (χ4n) is 0.784. The molecule has 0 spiro atoms. The molecule has 1 aromatic carbocycles. The summed E-state index contributed by atoms with van der Waals surface area (Å²) in [6, 6.07) is 6.80. The predicted octanol–water partition coefficient (Wildman–Crippen LogP) is 3.63. The topological polar surface area (TPSA) is 17.1 Å². The van der Waals surface area contributed by atoms with Crippen molar-refractivity contribution in [2.75, 3.05) is 0 Å². The second kappa shape index (κ2) is 3.66. The summed E-state index contributed by atoms with van der Waals surface area (Å²) in [5, 5.41) is 0.455. The molecule has 0 bridgehead atoms. The van der Waals surface area contributed by atoms with Crippen molar-refractivity contribution in [1.29, 1.82) is 0 Å². The summed E-state index contributed by atoms with van der Waals surface area (Å²) in [7, 11) is 0. The van der Waals surface area contributed by atoms with E-state index in [-0.39, 0.29) is 0 Å². The summed E-state index contributed by atoms with van der Waals surface area (Å²) in [5.41, 5.74) is 0.945. The first-order valence-electron chi connectivity index (χ1n) is 3.26. The zero-order valence-electron chi connectivity index (χ0n) is 6.21. The number of halogens is 2. The molecule has 0 amide bonds. The molecule has 0 radical (unpaired) electrons. The van der Waals surface area contributed by atoms with Crippen LogP contribution in [0.1, 0.15) is 5.56 Å². The fourth-order valence-corrected chi connectivity index (χ4v) is 1.96. The maximum Gasteiger partial charge on any atom is 0.281 e. The number of rotatable bonds is 2. The van der Waals surface area contributed by atoms with Crippen molar-refractivity contribution in [3.8, 4) is 0 Å². The van der Waals surface area contributed by atoms with E-state index in [9.17, 15) is 4.57 Å². The van der Waals surface area contributed by atoms with E-state index in [0.29, 0.717) is 5.30 Å². The van der Waals surface area contributed by atoms with Gasteiger partial charge in [-0.3, -0.25) is 4.57 Å². The minimum absolute atomic E-state index is 0.455. The second-order valence-corrected chi connectivity index (χ2v) is 7.07. The molecule has 0 atom stereocenters. The van der Waals surface area contributed by atoms with E-state index in [1.807, 2.05) is 0 Å². The maximum atomic E-state index is 11.1. The average molecular weight is 221 g/mol. The minimum Gasteiger partial charge on any atom is -0.284 e. The van der Waals surface area contributed by atoms with Crippen LogP contribution in [0.3, 0.4) is 0 Å².